The van der Waals surface area contributed by atoms with Crippen molar-refractivity contribution in [3.05, 3.63) is 17.0 Å². The molecule has 2 rings (SSSR count). The van der Waals surface area contributed by atoms with Crippen molar-refractivity contribution in [2.24, 2.45) is 5.92 Å². The smallest absolute Gasteiger partial charge is 0.230 e. The molecule has 2 heterocycles. The van der Waals surface area contributed by atoms with Crippen LogP contribution in [0.1, 0.15) is 12.0 Å². The van der Waals surface area contributed by atoms with Crippen LogP contribution in [0.3, 0.4) is 0 Å². The Hall–Kier alpha value is -1.87. The first-order chi connectivity index (χ1) is 7.70. The number of nitrogens with zero attached hydrogens (tertiary/aromatic N) is 1. The van der Waals surface area contributed by atoms with Crippen molar-refractivity contribution in [1.29, 1.82) is 5.26 Å². The van der Waals surface area contributed by atoms with Gasteiger partial charge in [0.2, 0.25) is 11.8 Å². The first-order valence-corrected chi connectivity index (χ1v) is 5.64. The Balaban J connectivity index is 2.03. The van der Waals surface area contributed by atoms with E-state index >= 15 is 0 Å². The molecule has 1 aromatic rings. The molecule has 16 heavy (non-hydrogen) atoms. The van der Waals surface area contributed by atoms with Gasteiger partial charge in [-0.1, -0.05) is 0 Å². The van der Waals surface area contributed by atoms with E-state index in [0.717, 1.165) is 0 Å². The maximum atomic E-state index is 11.7. The molecule has 2 amide bonds. The predicted octanol–water partition coefficient (Wildman–Crippen LogP) is 0.694. The quantitative estimate of drug-likeness (QED) is 0.791. The lowest BCUT2D eigenvalue weighted by atomic mass is 10.1. The summed E-state index contributed by atoms with van der Waals surface area (Å²) in [7, 11) is 0. The highest BCUT2D eigenvalue weighted by Crippen LogP contribution is 2.23. The maximum Gasteiger partial charge on any atom is 0.230 e. The molecule has 0 aromatic carbocycles. The Morgan fingerprint density at radius 1 is 1.69 bits per heavy atom. The summed E-state index contributed by atoms with van der Waals surface area (Å²) in [5.41, 5.74) is 0.454. The van der Waals surface area contributed by atoms with Crippen LogP contribution in [0.2, 0.25) is 0 Å². The Bertz CT molecular complexity index is 475. The number of rotatable bonds is 2. The minimum Gasteiger partial charge on any atom is -0.355 e. The van der Waals surface area contributed by atoms with Crippen LogP contribution in [-0.4, -0.2) is 18.4 Å². The number of carbonyl (C=O) groups excluding carboxylic acids is 2. The molecular formula is C10H9N3O2S. The fraction of sp³-hybridized carbons (Fsp3) is 0.300. The monoisotopic (exact) mass is 235 g/mol. The van der Waals surface area contributed by atoms with Crippen LogP contribution in [0.25, 0.3) is 0 Å². The third-order valence-electron chi connectivity index (χ3n) is 2.37. The molecule has 0 aliphatic carbocycles. The third-order valence-corrected chi connectivity index (χ3v) is 3.20. The number of carbonyl (C=O) groups is 2. The molecule has 0 spiro atoms. The second kappa shape index (κ2) is 4.33. The number of hydrogen-bond acceptors (Lipinski definition) is 4. The van der Waals surface area contributed by atoms with Gasteiger partial charge < -0.3 is 10.6 Å². The standard InChI is InChI=1S/C10H9N3O2S/c11-4-6-1-2-16-10(6)13-9(15)7-3-8(14)12-5-7/h1-2,7H,3,5H2,(H,12,14)(H,13,15). The van der Waals surface area contributed by atoms with E-state index in [2.05, 4.69) is 10.6 Å². The molecule has 82 valence electrons. The number of nitriles is 1. The minimum absolute atomic E-state index is 0.105. The zero-order valence-electron chi connectivity index (χ0n) is 8.32. The van der Waals surface area contributed by atoms with Crippen molar-refractivity contribution in [2.45, 2.75) is 6.42 Å². The van der Waals surface area contributed by atoms with Crippen LogP contribution < -0.4 is 10.6 Å². The van der Waals surface area contributed by atoms with Gasteiger partial charge >= 0.3 is 0 Å². The fourth-order valence-corrected chi connectivity index (χ4v) is 2.24. The molecule has 0 radical (unpaired) electrons. The lowest BCUT2D eigenvalue weighted by Gasteiger charge is -2.07. The molecule has 1 aromatic heterocycles. The predicted molar refractivity (Wildman–Crippen MR) is 58.8 cm³/mol. The van der Waals surface area contributed by atoms with E-state index in [0.29, 0.717) is 17.1 Å². The highest BCUT2D eigenvalue weighted by Gasteiger charge is 2.28. The Morgan fingerprint density at radius 2 is 2.50 bits per heavy atom. The number of amides is 2. The topological polar surface area (TPSA) is 82.0 Å². The average molecular weight is 235 g/mol. The van der Waals surface area contributed by atoms with Gasteiger partial charge in [-0.05, 0) is 11.4 Å². The van der Waals surface area contributed by atoms with Crippen LogP contribution in [0.4, 0.5) is 5.00 Å². The second-order valence-electron chi connectivity index (χ2n) is 3.47. The van der Waals surface area contributed by atoms with Gasteiger partial charge in [0.25, 0.3) is 0 Å². The summed E-state index contributed by atoms with van der Waals surface area (Å²) in [6.45, 7) is 0.373. The SMILES string of the molecule is N#Cc1ccsc1NC(=O)C1CNC(=O)C1. The summed E-state index contributed by atoms with van der Waals surface area (Å²) in [5, 5.41) is 16.3. The number of hydrogen-bond donors (Lipinski definition) is 2. The molecule has 6 heteroatoms. The lowest BCUT2D eigenvalue weighted by Crippen LogP contribution is -2.24. The molecule has 2 N–H and O–H groups in total. The Morgan fingerprint density at radius 3 is 3.12 bits per heavy atom. The molecule has 1 aliphatic rings. The van der Waals surface area contributed by atoms with E-state index in [1.165, 1.54) is 11.3 Å². The molecular weight excluding hydrogens is 226 g/mol. The van der Waals surface area contributed by atoms with Crippen LogP contribution in [0.15, 0.2) is 11.4 Å². The van der Waals surface area contributed by atoms with Gasteiger partial charge in [0.15, 0.2) is 0 Å². The van der Waals surface area contributed by atoms with Crippen molar-refractivity contribution in [1.82, 2.24) is 5.32 Å². The van der Waals surface area contributed by atoms with Crippen molar-refractivity contribution in [3.8, 4) is 6.07 Å². The first kappa shape index (κ1) is 10.6. The Labute approximate surface area is 96.1 Å². The molecule has 5 nitrogen and oxygen atoms in total. The summed E-state index contributed by atoms with van der Waals surface area (Å²) < 4.78 is 0. The molecule has 1 atom stereocenters. The van der Waals surface area contributed by atoms with Gasteiger partial charge in [-0.2, -0.15) is 5.26 Å². The number of nitrogens with one attached hydrogen (secondary N) is 2. The minimum atomic E-state index is -0.332. The maximum absolute atomic E-state index is 11.7. The van der Waals surface area contributed by atoms with Crippen LogP contribution in [0, 0.1) is 17.2 Å². The van der Waals surface area contributed by atoms with Gasteiger partial charge in [0.1, 0.15) is 11.1 Å². The van der Waals surface area contributed by atoms with Gasteiger partial charge in [0, 0.05) is 13.0 Å². The summed E-state index contributed by atoms with van der Waals surface area (Å²) in [4.78, 5) is 22.7. The second-order valence-corrected chi connectivity index (χ2v) is 4.39. The molecule has 0 bridgehead atoms. The Kier molecular flexibility index (Phi) is 2.88. The van der Waals surface area contributed by atoms with Crippen molar-refractivity contribution in [3.63, 3.8) is 0 Å². The van der Waals surface area contributed by atoms with Gasteiger partial charge in [0.05, 0.1) is 11.5 Å². The zero-order valence-corrected chi connectivity index (χ0v) is 9.13. The summed E-state index contributed by atoms with van der Waals surface area (Å²) in [6, 6.07) is 3.64. The fourth-order valence-electron chi connectivity index (χ4n) is 1.50. The number of anilines is 1. The third kappa shape index (κ3) is 2.04. The largest absolute Gasteiger partial charge is 0.355 e. The summed E-state index contributed by atoms with van der Waals surface area (Å²) >= 11 is 1.30. The van der Waals surface area contributed by atoms with E-state index in [9.17, 15) is 9.59 Å². The van der Waals surface area contributed by atoms with Crippen LogP contribution in [-0.2, 0) is 9.59 Å². The average Bonchev–Trinajstić information content (AvgIpc) is 2.86. The summed E-state index contributed by atoms with van der Waals surface area (Å²) in [5.74, 6) is -0.648. The summed E-state index contributed by atoms with van der Waals surface area (Å²) in [6.07, 6.45) is 0.221. The van der Waals surface area contributed by atoms with Crippen LogP contribution >= 0.6 is 11.3 Å². The highest BCUT2D eigenvalue weighted by atomic mass is 32.1. The molecule has 1 saturated heterocycles. The lowest BCUT2D eigenvalue weighted by molar-refractivity contribution is -0.123. The normalized spacial score (nSPS) is 18.9. The van der Waals surface area contributed by atoms with E-state index < -0.39 is 0 Å². The van der Waals surface area contributed by atoms with Gasteiger partial charge in [-0.25, -0.2) is 0 Å². The van der Waals surface area contributed by atoms with Crippen LogP contribution in [0.5, 0.6) is 0 Å². The van der Waals surface area contributed by atoms with E-state index in [-0.39, 0.29) is 24.2 Å². The van der Waals surface area contributed by atoms with Gasteiger partial charge in [-0.15, -0.1) is 11.3 Å². The zero-order chi connectivity index (χ0) is 11.5. The van der Waals surface area contributed by atoms with E-state index in [1.54, 1.807) is 11.4 Å². The molecule has 1 aliphatic heterocycles. The molecule has 0 saturated carbocycles. The van der Waals surface area contributed by atoms with E-state index in [1.807, 2.05) is 6.07 Å². The molecule has 1 unspecified atom stereocenters. The van der Waals surface area contributed by atoms with Crippen molar-refractivity contribution < 1.29 is 9.59 Å². The van der Waals surface area contributed by atoms with Crippen molar-refractivity contribution in [2.75, 3.05) is 11.9 Å². The van der Waals surface area contributed by atoms with E-state index in [4.69, 9.17) is 5.26 Å². The molecule has 1 fully saturated rings. The van der Waals surface area contributed by atoms with Crippen molar-refractivity contribution >= 4 is 28.2 Å². The van der Waals surface area contributed by atoms with Gasteiger partial charge in [-0.3, -0.25) is 9.59 Å². The first-order valence-electron chi connectivity index (χ1n) is 4.76. The highest BCUT2D eigenvalue weighted by molar-refractivity contribution is 7.14. The number of thiophene rings is 1.